The zero-order valence-corrected chi connectivity index (χ0v) is 27.5. The lowest BCUT2D eigenvalue weighted by Gasteiger charge is -2.32. The quantitative estimate of drug-likeness (QED) is 0.157. The maximum absolute atomic E-state index is 12.7. The lowest BCUT2D eigenvalue weighted by Crippen LogP contribution is -2.42. The number of piperidine rings is 1. The van der Waals surface area contributed by atoms with Gasteiger partial charge in [-0.1, -0.05) is 85.3 Å². The molecule has 0 atom stereocenters. The number of hydrogen-bond donors (Lipinski definition) is 3. The Morgan fingerprint density at radius 3 is 2.28 bits per heavy atom. The first-order chi connectivity index (χ1) is 23.0. The molecule has 0 unspecified atom stereocenters. The van der Waals surface area contributed by atoms with Crippen LogP contribution in [0.1, 0.15) is 44.1 Å². The van der Waals surface area contributed by atoms with Crippen LogP contribution in [-0.4, -0.2) is 86.9 Å². The second-order valence-electron chi connectivity index (χ2n) is 11.8. The number of amides is 3. The van der Waals surface area contributed by atoms with Crippen LogP contribution in [0.2, 0.25) is 0 Å². The summed E-state index contributed by atoms with van der Waals surface area (Å²) in [4.78, 5) is 41.2. The van der Waals surface area contributed by atoms with Crippen molar-refractivity contribution >= 4 is 23.8 Å². The highest BCUT2D eigenvalue weighted by molar-refractivity contribution is 5.91. The van der Waals surface area contributed by atoms with Gasteiger partial charge in [0, 0.05) is 58.3 Å². The number of alkyl carbamates (subject to hydrolysis) is 1. The number of anilines is 1. The lowest BCUT2D eigenvalue weighted by atomic mass is 10.0. The summed E-state index contributed by atoms with van der Waals surface area (Å²) >= 11 is 0. The van der Waals surface area contributed by atoms with Crippen LogP contribution in [0, 0.1) is 0 Å². The summed E-state index contributed by atoms with van der Waals surface area (Å²) in [6, 6.07) is 27.3. The molecule has 0 aromatic heterocycles. The van der Waals surface area contributed by atoms with Gasteiger partial charge in [-0.2, -0.15) is 0 Å². The van der Waals surface area contributed by atoms with E-state index in [1.807, 2.05) is 96.9 Å². The third-order valence-electron chi connectivity index (χ3n) is 8.26. The van der Waals surface area contributed by atoms with Crippen molar-refractivity contribution in [3.05, 3.63) is 90.5 Å². The first-order valence-corrected chi connectivity index (χ1v) is 16.7. The van der Waals surface area contributed by atoms with Gasteiger partial charge in [-0.25, -0.2) is 9.59 Å². The minimum Gasteiger partial charge on any atom is -0.446 e. The molecule has 3 aromatic rings. The molecule has 4 rings (SSSR count). The Kier molecular flexibility index (Phi) is 15.1. The third-order valence-corrected chi connectivity index (χ3v) is 8.26. The molecule has 3 N–H and O–H groups in total. The van der Waals surface area contributed by atoms with E-state index >= 15 is 0 Å². The number of rotatable bonds is 17. The van der Waals surface area contributed by atoms with Gasteiger partial charge < -0.3 is 29.9 Å². The number of likely N-dealkylation sites (N-methyl/N-ethyl adjacent to an activating group) is 1. The van der Waals surface area contributed by atoms with Gasteiger partial charge in [0.05, 0.1) is 5.69 Å². The van der Waals surface area contributed by atoms with Crippen LogP contribution in [0.25, 0.3) is 11.1 Å². The number of hydrogen-bond acceptors (Lipinski definition) is 7. The van der Waals surface area contributed by atoms with Crippen molar-refractivity contribution in [3.8, 4) is 11.1 Å². The maximum Gasteiger partial charge on any atom is 0.411 e. The Labute approximate surface area is 278 Å². The summed E-state index contributed by atoms with van der Waals surface area (Å²) in [7, 11) is 1.87. The second kappa shape index (κ2) is 20.0. The molecule has 0 saturated carbocycles. The standard InChI is InChI=1S/C37H49N5O5/c1-41(35(43)19-9-4-12-22-38-23-24-39-36(44)46-29-30-13-5-2-6-14-30)27-28-42-25-20-32(21-26-42)47-37(45)40-34-18-11-10-17-33(34)31-15-7-3-8-16-31/h2-3,5-8,10-11,13-18,32,38H,4,9,12,19-29H2,1H3,(H,39,44)(H,40,45). The minimum atomic E-state index is -0.429. The van der Waals surface area contributed by atoms with Crippen LogP contribution in [0.4, 0.5) is 15.3 Å². The molecule has 1 aliphatic rings. The van der Waals surface area contributed by atoms with Crippen LogP contribution in [0.15, 0.2) is 84.9 Å². The molecule has 0 spiro atoms. The first kappa shape index (κ1) is 35.4. The molecule has 3 amide bonds. The summed E-state index contributed by atoms with van der Waals surface area (Å²) in [5, 5.41) is 8.98. The molecule has 1 aliphatic heterocycles. The van der Waals surface area contributed by atoms with Gasteiger partial charge >= 0.3 is 12.2 Å². The lowest BCUT2D eigenvalue weighted by molar-refractivity contribution is -0.130. The van der Waals surface area contributed by atoms with E-state index in [0.717, 1.165) is 80.7 Å². The Morgan fingerprint density at radius 2 is 1.51 bits per heavy atom. The molecule has 10 heteroatoms. The zero-order valence-electron chi connectivity index (χ0n) is 27.5. The Balaban J connectivity index is 0.988. The Hall–Kier alpha value is -4.41. The molecular weight excluding hydrogens is 594 g/mol. The summed E-state index contributed by atoms with van der Waals surface area (Å²) in [6.45, 7) is 5.43. The SMILES string of the molecule is CN(CCN1CCC(OC(=O)Nc2ccccc2-c2ccccc2)CC1)C(=O)CCCCCNCCNC(=O)OCc1ccccc1. The molecule has 1 fully saturated rings. The van der Waals surface area contributed by atoms with Crippen LogP contribution in [0.3, 0.4) is 0 Å². The van der Waals surface area contributed by atoms with E-state index in [0.29, 0.717) is 26.1 Å². The predicted molar refractivity (Wildman–Crippen MR) is 185 cm³/mol. The molecular formula is C37H49N5O5. The van der Waals surface area contributed by atoms with E-state index < -0.39 is 12.2 Å². The molecule has 3 aromatic carbocycles. The molecule has 0 radical (unpaired) electrons. The molecule has 252 valence electrons. The van der Waals surface area contributed by atoms with E-state index in [1.54, 1.807) is 0 Å². The summed E-state index contributed by atoms with van der Waals surface area (Å²) in [5.74, 6) is 0.168. The van der Waals surface area contributed by atoms with Gasteiger partial charge in [-0.05, 0) is 49.4 Å². The fourth-order valence-corrected chi connectivity index (χ4v) is 5.47. The number of likely N-dealkylation sites (tertiary alicyclic amines) is 1. The molecule has 0 aliphatic carbocycles. The molecule has 1 saturated heterocycles. The minimum absolute atomic E-state index is 0.123. The number of nitrogens with one attached hydrogen (secondary N) is 3. The zero-order chi connectivity index (χ0) is 33.1. The summed E-state index contributed by atoms with van der Waals surface area (Å²) in [5.41, 5.74) is 3.68. The van der Waals surface area contributed by atoms with Crippen molar-refractivity contribution in [1.29, 1.82) is 0 Å². The monoisotopic (exact) mass is 643 g/mol. The van der Waals surface area contributed by atoms with Gasteiger partial charge in [0.2, 0.25) is 5.91 Å². The van der Waals surface area contributed by atoms with Gasteiger partial charge in [0.15, 0.2) is 0 Å². The number of unbranched alkanes of at least 4 members (excludes halogenated alkanes) is 2. The number of ether oxygens (including phenoxy) is 2. The molecule has 1 heterocycles. The smallest absolute Gasteiger partial charge is 0.411 e. The maximum atomic E-state index is 12.7. The van der Waals surface area contributed by atoms with E-state index in [1.165, 1.54) is 0 Å². The largest absolute Gasteiger partial charge is 0.446 e. The number of carbonyl (C=O) groups excluding carboxylic acids is 3. The van der Waals surface area contributed by atoms with Crippen molar-refractivity contribution in [3.63, 3.8) is 0 Å². The van der Waals surface area contributed by atoms with Gasteiger partial charge in [-0.15, -0.1) is 0 Å². The Morgan fingerprint density at radius 1 is 0.809 bits per heavy atom. The van der Waals surface area contributed by atoms with Crippen LogP contribution >= 0.6 is 0 Å². The van der Waals surface area contributed by atoms with Gasteiger partial charge in [-0.3, -0.25) is 10.1 Å². The van der Waals surface area contributed by atoms with Crippen molar-refractivity contribution in [2.24, 2.45) is 0 Å². The second-order valence-corrected chi connectivity index (χ2v) is 11.8. The van der Waals surface area contributed by atoms with Crippen molar-refractivity contribution < 1.29 is 23.9 Å². The normalized spacial score (nSPS) is 13.5. The highest BCUT2D eigenvalue weighted by atomic mass is 16.6. The number of carbonyl (C=O) groups is 3. The van der Waals surface area contributed by atoms with Crippen LogP contribution in [-0.2, 0) is 20.9 Å². The topological polar surface area (TPSA) is 112 Å². The number of benzene rings is 3. The molecule has 0 bridgehead atoms. The van der Waals surface area contributed by atoms with Gasteiger partial charge in [0.25, 0.3) is 0 Å². The number of para-hydroxylation sites is 1. The third kappa shape index (κ3) is 13.1. The summed E-state index contributed by atoms with van der Waals surface area (Å²) < 4.78 is 10.9. The fraction of sp³-hybridized carbons (Fsp3) is 0.432. The van der Waals surface area contributed by atoms with E-state index in [4.69, 9.17) is 9.47 Å². The Bertz CT molecular complexity index is 1370. The van der Waals surface area contributed by atoms with Crippen LogP contribution in [0.5, 0.6) is 0 Å². The van der Waals surface area contributed by atoms with E-state index in [2.05, 4.69) is 20.9 Å². The van der Waals surface area contributed by atoms with Crippen LogP contribution < -0.4 is 16.0 Å². The highest BCUT2D eigenvalue weighted by Crippen LogP contribution is 2.28. The highest BCUT2D eigenvalue weighted by Gasteiger charge is 2.23. The van der Waals surface area contributed by atoms with E-state index in [-0.39, 0.29) is 18.6 Å². The average molecular weight is 644 g/mol. The van der Waals surface area contributed by atoms with E-state index in [9.17, 15) is 14.4 Å². The fourth-order valence-electron chi connectivity index (χ4n) is 5.47. The molecule has 10 nitrogen and oxygen atoms in total. The van der Waals surface area contributed by atoms with Crippen molar-refractivity contribution in [2.45, 2.75) is 51.2 Å². The van der Waals surface area contributed by atoms with Crippen molar-refractivity contribution in [2.75, 3.05) is 58.2 Å². The summed E-state index contributed by atoms with van der Waals surface area (Å²) in [6.07, 6.45) is 3.92. The van der Waals surface area contributed by atoms with Crippen molar-refractivity contribution in [1.82, 2.24) is 20.4 Å². The molecule has 47 heavy (non-hydrogen) atoms. The average Bonchev–Trinajstić information content (AvgIpc) is 3.10. The predicted octanol–water partition coefficient (Wildman–Crippen LogP) is 5.90. The number of nitrogens with zero attached hydrogens (tertiary/aromatic N) is 2. The first-order valence-electron chi connectivity index (χ1n) is 16.7. The van der Waals surface area contributed by atoms with Gasteiger partial charge in [0.1, 0.15) is 12.7 Å².